The van der Waals surface area contributed by atoms with Gasteiger partial charge in [-0.3, -0.25) is 18.1 Å². The molecule has 0 unspecified atom stereocenters. The Balaban J connectivity index is 2.24. The van der Waals surface area contributed by atoms with Crippen molar-refractivity contribution in [2.45, 2.75) is 88.7 Å². The summed E-state index contributed by atoms with van der Waals surface area (Å²) in [6, 6.07) is 1.37. The SMILES string of the molecule is C[C@H](OP(=O)(OC(C)(C)C)OC(C)(C)C)[C@H]1S[C@@H](n2ccc(N)nc2=O)[C@@H](F)[C@@H]1O. The number of nitrogens with two attached hydrogens (primary N) is 1. The molecule has 0 bridgehead atoms. The van der Waals surface area contributed by atoms with Crippen molar-refractivity contribution in [2.75, 3.05) is 5.73 Å². The molecule has 2 heterocycles. The third kappa shape index (κ3) is 6.51. The molecule has 0 saturated carbocycles. The number of phosphoric ester groups is 1. The molecular weight excluding hydrogens is 436 g/mol. The minimum absolute atomic E-state index is 0.0167. The number of rotatable bonds is 6. The smallest absolute Gasteiger partial charge is 0.389 e. The fourth-order valence-corrected chi connectivity index (χ4v) is 6.49. The van der Waals surface area contributed by atoms with Crippen molar-refractivity contribution in [3.63, 3.8) is 0 Å². The van der Waals surface area contributed by atoms with Crippen LogP contribution in [0.5, 0.6) is 0 Å². The number of aliphatic hydroxyl groups is 1. The van der Waals surface area contributed by atoms with Crippen LogP contribution < -0.4 is 11.4 Å². The molecule has 5 atom stereocenters. The highest BCUT2D eigenvalue weighted by atomic mass is 32.2. The predicted molar refractivity (Wildman–Crippen MR) is 114 cm³/mol. The second kappa shape index (κ2) is 8.88. The highest BCUT2D eigenvalue weighted by molar-refractivity contribution is 8.00. The normalized spacial score (nSPS) is 26.7. The molecule has 0 aromatic carbocycles. The third-order valence-electron chi connectivity index (χ3n) is 3.89. The van der Waals surface area contributed by atoms with Gasteiger partial charge in [0.15, 0.2) is 6.17 Å². The first-order valence-corrected chi connectivity index (χ1v) is 11.9. The minimum atomic E-state index is -4.07. The number of phosphoric acid groups is 1. The third-order valence-corrected chi connectivity index (χ3v) is 7.76. The van der Waals surface area contributed by atoms with E-state index in [0.29, 0.717) is 0 Å². The quantitative estimate of drug-likeness (QED) is 0.606. The van der Waals surface area contributed by atoms with Crippen molar-refractivity contribution >= 4 is 25.4 Å². The van der Waals surface area contributed by atoms with E-state index in [1.807, 2.05) is 0 Å². The minimum Gasteiger partial charge on any atom is -0.389 e. The van der Waals surface area contributed by atoms with Crippen molar-refractivity contribution in [1.82, 2.24) is 9.55 Å². The molecule has 172 valence electrons. The molecule has 9 nitrogen and oxygen atoms in total. The fraction of sp³-hybridized carbons (Fsp3) is 0.778. The lowest BCUT2D eigenvalue weighted by molar-refractivity contribution is -0.0179. The van der Waals surface area contributed by atoms with Gasteiger partial charge in [-0.2, -0.15) is 4.98 Å². The molecule has 1 saturated heterocycles. The summed E-state index contributed by atoms with van der Waals surface area (Å²) >= 11 is 0.985. The van der Waals surface area contributed by atoms with Gasteiger partial charge < -0.3 is 10.8 Å². The molecule has 2 rings (SSSR count). The summed E-state index contributed by atoms with van der Waals surface area (Å²) in [5, 5.41) is 8.58. The summed E-state index contributed by atoms with van der Waals surface area (Å²) in [6.07, 6.45) is -2.84. The molecule has 0 amide bonds. The maximum absolute atomic E-state index is 14.9. The zero-order chi connectivity index (χ0) is 23.1. The lowest BCUT2D eigenvalue weighted by Crippen LogP contribution is -2.37. The number of aromatic nitrogens is 2. The lowest BCUT2D eigenvalue weighted by atomic mass is 10.1. The zero-order valence-electron chi connectivity index (χ0n) is 18.2. The van der Waals surface area contributed by atoms with Gasteiger partial charge in [-0.15, -0.1) is 11.8 Å². The van der Waals surface area contributed by atoms with E-state index in [0.717, 1.165) is 16.3 Å². The highest BCUT2D eigenvalue weighted by Gasteiger charge is 2.50. The maximum atomic E-state index is 14.9. The van der Waals surface area contributed by atoms with Crippen LogP contribution in [0.2, 0.25) is 0 Å². The number of halogens is 1. The summed E-state index contributed by atoms with van der Waals surface area (Å²) in [5.41, 5.74) is 3.08. The molecule has 1 fully saturated rings. The summed E-state index contributed by atoms with van der Waals surface area (Å²) < 4.78 is 46.1. The average Bonchev–Trinajstić information content (AvgIpc) is 2.79. The largest absolute Gasteiger partial charge is 0.476 e. The van der Waals surface area contributed by atoms with Crippen LogP contribution in [-0.4, -0.2) is 49.5 Å². The van der Waals surface area contributed by atoms with Crippen LogP contribution >= 0.6 is 19.6 Å². The standard InChI is InChI=1S/C18H31FN3O6PS/c1-10(26-29(25,27-17(2,3)4)28-18(5,6)7)14-13(23)12(19)15(30-14)22-9-8-11(20)21-16(22)24/h8-10,12-15,23H,1-7H3,(H2,20,21,24)/t10-,12-,13-,14+,15+/m0/s1. The number of hydrogen-bond acceptors (Lipinski definition) is 9. The summed E-state index contributed by atoms with van der Waals surface area (Å²) in [4.78, 5) is 15.7. The monoisotopic (exact) mass is 467 g/mol. The Labute approximate surface area is 180 Å². The van der Waals surface area contributed by atoms with Gasteiger partial charge in [0.25, 0.3) is 0 Å². The Morgan fingerprint density at radius 1 is 1.27 bits per heavy atom. The van der Waals surface area contributed by atoms with Crippen molar-refractivity contribution in [3.8, 4) is 0 Å². The molecule has 1 aliphatic rings. The summed E-state index contributed by atoms with van der Waals surface area (Å²) in [6.45, 7) is 11.8. The highest BCUT2D eigenvalue weighted by Crippen LogP contribution is 2.58. The van der Waals surface area contributed by atoms with Gasteiger partial charge >= 0.3 is 13.5 Å². The van der Waals surface area contributed by atoms with Crippen LogP contribution in [0.1, 0.15) is 53.8 Å². The number of alkyl halides is 1. The molecule has 0 spiro atoms. The van der Waals surface area contributed by atoms with E-state index in [2.05, 4.69) is 4.98 Å². The molecule has 1 aromatic heterocycles. The Kier molecular flexibility index (Phi) is 7.48. The zero-order valence-corrected chi connectivity index (χ0v) is 19.9. The number of thioether (sulfide) groups is 1. The number of nitrogen functional groups attached to an aromatic ring is 1. The fourth-order valence-electron chi connectivity index (χ4n) is 2.89. The number of aliphatic hydroxyl groups excluding tert-OH is 1. The van der Waals surface area contributed by atoms with E-state index >= 15 is 0 Å². The Hall–Kier alpha value is -0.970. The Morgan fingerprint density at radius 2 is 1.80 bits per heavy atom. The van der Waals surface area contributed by atoms with E-state index in [9.17, 15) is 18.9 Å². The van der Waals surface area contributed by atoms with Gasteiger partial charge in [0, 0.05) is 6.20 Å². The number of nitrogens with zero attached hydrogens (tertiary/aromatic N) is 2. The van der Waals surface area contributed by atoms with Gasteiger partial charge in [0.1, 0.15) is 17.3 Å². The number of anilines is 1. The van der Waals surface area contributed by atoms with Gasteiger partial charge in [-0.05, 0) is 54.5 Å². The topological polar surface area (TPSA) is 126 Å². The second-order valence-electron chi connectivity index (χ2n) is 9.13. The van der Waals surface area contributed by atoms with Crippen LogP contribution in [0, 0.1) is 0 Å². The van der Waals surface area contributed by atoms with E-state index in [1.165, 1.54) is 12.3 Å². The maximum Gasteiger partial charge on any atom is 0.476 e. The van der Waals surface area contributed by atoms with Crippen LogP contribution in [0.3, 0.4) is 0 Å². The van der Waals surface area contributed by atoms with E-state index in [4.69, 9.17) is 19.3 Å². The van der Waals surface area contributed by atoms with Crippen molar-refractivity contribution in [1.29, 1.82) is 0 Å². The van der Waals surface area contributed by atoms with Gasteiger partial charge in [-0.1, -0.05) is 0 Å². The van der Waals surface area contributed by atoms with Crippen LogP contribution in [0.15, 0.2) is 17.1 Å². The van der Waals surface area contributed by atoms with Crippen LogP contribution in [-0.2, 0) is 18.1 Å². The molecular formula is C18H31FN3O6PS. The van der Waals surface area contributed by atoms with Crippen molar-refractivity contribution in [2.24, 2.45) is 0 Å². The molecule has 3 N–H and O–H groups in total. The summed E-state index contributed by atoms with van der Waals surface area (Å²) in [5.74, 6) is 0.0167. The van der Waals surface area contributed by atoms with Gasteiger partial charge in [0.2, 0.25) is 0 Å². The first-order valence-electron chi connectivity index (χ1n) is 9.53. The molecule has 0 aliphatic carbocycles. The average molecular weight is 468 g/mol. The van der Waals surface area contributed by atoms with E-state index in [1.54, 1.807) is 48.5 Å². The lowest BCUT2D eigenvalue weighted by Gasteiger charge is -2.33. The number of hydrogen-bond donors (Lipinski definition) is 2. The van der Waals surface area contributed by atoms with E-state index < -0.39 is 53.7 Å². The molecule has 0 radical (unpaired) electrons. The predicted octanol–water partition coefficient (Wildman–Crippen LogP) is 3.28. The molecule has 12 heteroatoms. The molecule has 1 aromatic rings. The molecule has 1 aliphatic heterocycles. The van der Waals surface area contributed by atoms with Crippen LogP contribution in [0.25, 0.3) is 0 Å². The summed E-state index contributed by atoms with van der Waals surface area (Å²) in [7, 11) is -4.07. The van der Waals surface area contributed by atoms with Gasteiger partial charge in [0.05, 0.1) is 22.6 Å². The van der Waals surface area contributed by atoms with Crippen molar-refractivity contribution < 1.29 is 27.6 Å². The Morgan fingerprint density at radius 3 is 2.27 bits per heavy atom. The van der Waals surface area contributed by atoms with Crippen LogP contribution in [0.4, 0.5) is 10.2 Å². The van der Waals surface area contributed by atoms with Gasteiger partial charge in [-0.25, -0.2) is 13.8 Å². The van der Waals surface area contributed by atoms with Crippen molar-refractivity contribution in [3.05, 3.63) is 22.7 Å². The Bertz CT molecular complexity index is 836. The first-order chi connectivity index (χ1) is 13.5. The first kappa shape index (κ1) is 25.3. The van der Waals surface area contributed by atoms with E-state index in [-0.39, 0.29) is 5.82 Å². The second-order valence-corrected chi connectivity index (χ2v) is 11.9. The molecule has 30 heavy (non-hydrogen) atoms.